The number of aryl methyl sites for hydroxylation is 2. The third-order valence-electron chi connectivity index (χ3n) is 3.40. The Balaban J connectivity index is 2.27. The average Bonchev–Trinajstić information content (AvgIpc) is 2.67. The van der Waals surface area contributed by atoms with Crippen LogP contribution in [-0.2, 0) is 12.8 Å². The second-order valence-corrected chi connectivity index (χ2v) is 5.94. The van der Waals surface area contributed by atoms with Crippen molar-refractivity contribution in [3.8, 4) is 0 Å². The fraction of sp³-hybridized carbons (Fsp3) is 0.462. The first-order valence-electron chi connectivity index (χ1n) is 6.05. The minimum Gasteiger partial charge on any atom is -0.398 e. The van der Waals surface area contributed by atoms with E-state index in [1.165, 1.54) is 41.5 Å². The Labute approximate surface area is 105 Å². The summed E-state index contributed by atoms with van der Waals surface area (Å²) in [6, 6.07) is 1.99. The highest BCUT2D eigenvalue weighted by molar-refractivity contribution is 7.19. The van der Waals surface area contributed by atoms with Crippen LogP contribution in [0.3, 0.4) is 0 Å². The highest BCUT2D eigenvalue weighted by Gasteiger charge is 2.19. The summed E-state index contributed by atoms with van der Waals surface area (Å²) in [5, 5.41) is 1.22. The Kier molecular flexibility index (Phi) is 2.47. The Morgan fingerprint density at radius 3 is 2.82 bits per heavy atom. The molecule has 0 spiro atoms. The van der Waals surface area contributed by atoms with Crippen LogP contribution in [0.2, 0.25) is 0 Å². The van der Waals surface area contributed by atoms with Crippen molar-refractivity contribution >= 4 is 33.1 Å². The summed E-state index contributed by atoms with van der Waals surface area (Å²) in [5.74, 6) is 0.952. The molecule has 0 aliphatic heterocycles. The molecule has 2 heterocycles. The van der Waals surface area contributed by atoms with Crippen molar-refractivity contribution < 1.29 is 0 Å². The van der Waals surface area contributed by atoms with Crippen molar-refractivity contribution in [2.45, 2.75) is 25.7 Å². The number of rotatable bonds is 1. The Morgan fingerprint density at radius 1 is 1.29 bits per heavy atom. The summed E-state index contributed by atoms with van der Waals surface area (Å²) >= 11 is 1.83. The van der Waals surface area contributed by atoms with Gasteiger partial charge in [0, 0.05) is 36.1 Å². The second kappa shape index (κ2) is 3.88. The predicted molar refractivity (Wildman–Crippen MR) is 75.0 cm³/mol. The van der Waals surface area contributed by atoms with Crippen molar-refractivity contribution in [1.82, 2.24) is 4.98 Å². The Bertz CT molecular complexity index is 572. The molecule has 1 aliphatic rings. The molecular formula is C13H17N3S. The fourth-order valence-corrected chi connectivity index (χ4v) is 3.79. The van der Waals surface area contributed by atoms with Crippen molar-refractivity contribution in [2.24, 2.45) is 0 Å². The molecule has 3 rings (SSSR count). The summed E-state index contributed by atoms with van der Waals surface area (Å²) in [7, 11) is 4.00. The largest absolute Gasteiger partial charge is 0.398 e. The van der Waals surface area contributed by atoms with Gasteiger partial charge in [-0.25, -0.2) is 4.98 Å². The molecule has 0 atom stereocenters. The zero-order valence-electron chi connectivity index (χ0n) is 10.3. The molecule has 2 N–H and O–H groups in total. The SMILES string of the molecule is CN(C)c1cc(N)c2c3c(sc2n1)CCCC3. The lowest BCUT2D eigenvalue weighted by Gasteiger charge is -2.13. The highest BCUT2D eigenvalue weighted by atomic mass is 32.1. The number of nitrogens with zero attached hydrogens (tertiary/aromatic N) is 2. The van der Waals surface area contributed by atoms with Crippen molar-refractivity contribution in [3.63, 3.8) is 0 Å². The predicted octanol–water partition coefficient (Wildman–Crippen LogP) is 2.82. The summed E-state index contributed by atoms with van der Waals surface area (Å²) in [4.78, 5) is 9.33. The van der Waals surface area contributed by atoms with Gasteiger partial charge in [0.15, 0.2) is 0 Å². The van der Waals surface area contributed by atoms with E-state index in [1.807, 2.05) is 36.4 Å². The van der Waals surface area contributed by atoms with E-state index in [0.717, 1.165) is 16.3 Å². The maximum Gasteiger partial charge on any atom is 0.131 e. The number of fused-ring (bicyclic) bond motifs is 3. The van der Waals surface area contributed by atoms with E-state index >= 15 is 0 Å². The van der Waals surface area contributed by atoms with Crippen LogP contribution < -0.4 is 10.6 Å². The molecule has 0 bridgehead atoms. The summed E-state index contributed by atoms with van der Waals surface area (Å²) in [6.07, 6.45) is 4.96. The van der Waals surface area contributed by atoms with Gasteiger partial charge in [-0.2, -0.15) is 0 Å². The number of aromatic nitrogens is 1. The van der Waals surface area contributed by atoms with Gasteiger partial charge >= 0.3 is 0 Å². The number of anilines is 2. The summed E-state index contributed by atoms with van der Waals surface area (Å²) < 4.78 is 0. The molecule has 90 valence electrons. The van der Waals surface area contributed by atoms with E-state index < -0.39 is 0 Å². The zero-order valence-corrected chi connectivity index (χ0v) is 11.1. The number of thiophene rings is 1. The molecular weight excluding hydrogens is 230 g/mol. The molecule has 0 fully saturated rings. The van der Waals surface area contributed by atoms with E-state index in [1.54, 1.807) is 0 Å². The molecule has 1 aliphatic carbocycles. The molecule has 0 aromatic carbocycles. The molecule has 0 amide bonds. The average molecular weight is 247 g/mol. The van der Waals surface area contributed by atoms with Crippen LogP contribution in [0.25, 0.3) is 10.2 Å². The third kappa shape index (κ3) is 1.67. The van der Waals surface area contributed by atoms with Gasteiger partial charge in [-0.1, -0.05) is 0 Å². The van der Waals surface area contributed by atoms with E-state index in [-0.39, 0.29) is 0 Å². The first-order chi connectivity index (χ1) is 8.16. The molecule has 17 heavy (non-hydrogen) atoms. The third-order valence-corrected chi connectivity index (χ3v) is 4.59. The molecule has 2 aromatic heterocycles. The van der Waals surface area contributed by atoms with Crippen LogP contribution in [0.1, 0.15) is 23.3 Å². The highest BCUT2D eigenvalue weighted by Crippen LogP contribution is 2.39. The second-order valence-electron chi connectivity index (χ2n) is 4.86. The Hall–Kier alpha value is -1.29. The van der Waals surface area contributed by atoms with Gasteiger partial charge in [-0.3, -0.25) is 0 Å². The minimum atomic E-state index is 0.887. The number of pyridine rings is 1. The minimum absolute atomic E-state index is 0.887. The van der Waals surface area contributed by atoms with Gasteiger partial charge in [0.1, 0.15) is 10.6 Å². The fourth-order valence-electron chi connectivity index (χ4n) is 2.50. The maximum atomic E-state index is 6.20. The van der Waals surface area contributed by atoms with Crippen LogP contribution in [-0.4, -0.2) is 19.1 Å². The number of hydrogen-bond donors (Lipinski definition) is 1. The van der Waals surface area contributed by atoms with Crippen LogP contribution in [0, 0.1) is 0 Å². The first-order valence-corrected chi connectivity index (χ1v) is 6.86. The van der Waals surface area contributed by atoms with Gasteiger partial charge in [-0.15, -0.1) is 11.3 Å². The lowest BCUT2D eigenvalue weighted by molar-refractivity contribution is 0.700. The number of nitrogen functional groups attached to an aromatic ring is 1. The van der Waals surface area contributed by atoms with Gasteiger partial charge in [0.05, 0.1) is 0 Å². The molecule has 0 saturated carbocycles. The van der Waals surface area contributed by atoms with Crippen LogP contribution in [0.4, 0.5) is 11.5 Å². The molecule has 0 saturated heterocycles. The lowest BCUT2D eigenvalue weighted by atomic mass is 9.96. The zero-order chi connectivity index (χ0) is 12.0. The summed E-state index contributed by atoms with van der Waals surface area (Å²) in [6.45, 7) is 0. The first kappa shape index (κ1) is 10.8. The molecule has 0 unspecified atom stereocenters. The standard InChI is InChI=1S/C13H17N3S/c1-16(2)11-7-9(14)12-8-5-3-4-6-10(8)17-13(12)15-11/h7H,3-6H2,1-2H3,(H2,14,15). The van der Waals surface area contributed by atoms with Gasteiger partial charge in [-0.05, 0) is 31.2 Å². The molecule has 0 radical (unpaired) electrons. The molecule has 3 nitrogen and oxygen atoms in total. The van der Waals surface area contributed by atoms with Gasteiger partial charge < -0.3 is 10.6 Å². The van der Waals surface area contributed by atoms with Gasteiger partial charge in [0.2, 0.25) is 0 Å². The number of hydrogen-bond acceptors (Lipinski definition) is 4. The van der Waals surface area contributed by atoms with Crippen molar-refractivity contribution in [2.75, 3.05) is 24.7 Å². The lowest BCUT2D eigenvalue weighted by Crippen LogP contribution is -2.11. The number of nitrogens with two attached hydrogens (primary N) is 1. The van der Waals surface area contributed by atoms with Crippen LogP contribution >= 0.6 is 11.3 Å². The Morgan fingerprint density at radius 2 is 2.06 bits per heavy atom. The quantitative estimate of drug-likeness (QED) is 0.842. The normalized spacial score (nSPS) is 14.9. The molecule has 4 heteroatoms. The van der Waals surface area contributed by atoms with E-state index in [2.05, 4.69) is 0 Å². The molecule has 2 aromatic rings. The van der Waals surface area contributed by atoms with Gasteiger partial charge in [0.25, 0.3) is 0 Å². The smallest absolute Gasteiger partial charge is 0.131 e. The van der Waals surface area contributed by atoms with Crippen molar-refractivity contribution in [3.05, 3.63) is 16.5 Å². The van der Waals surface area contributed by atoms with Crippen LogP contribution in [0.5, 0.6) is 0 Å². The summed E-state index contributed by atoms with van der Waals surface area (Å²) in [5.41, 5.74) is 8.55. The van der Waals surface area contributed by atoms with E-state index in [0.29, 0.717) is 0 Å². The topological polar surface area (TPSA) is 42.1 Å². The van der Waals surface area contributed by atoms with Crippen molar-refractivity contribution in [1.29, 1.82) is 0 Å². The van der Waals surface area contributed by atoms with E-state index in [4.69, 9.17) is 10.7 Å². The van der Waals surface area contributed by atoms with E-state index in [9.17, 15) is 0 Å². The van der Waals surface area contributed by atoms with Crippen LogP contribution in [0.15, 0.2) is 6.07 Å². The monoisotopic (exact) mass is 247 g/mol. The maximum absolute atomic E-state index is 6.20.